The van der Waals surface area contributed by atoms with Crippen LogP contribution in [0.1, 0.15) is 27.6 Å². The molecule has 0 saturated heterocycles. The number of rotatable bonds is 0. The first-order valence-corrected chi connectivity index (χ1v) is 3.46. The van der Waals surface area contributed by atoms with Crippen molar-refractivity contribution in [2.75, 3.05) is 0 Å². The summed E-state index contributed by atoms with van der Waals surface area (Å²) in [6.07, 6.45) is 5.38. The molecule has 0 saturated carbocycles. The third kappa shape index (κ3) is 1.23. The maximum absolute atomic E-state index is 6.75. The monoisotopic (exact) mass is 131 g/mol. The molecule has 0 radical (unpaired) electrons. The van der Waals surface area contributed by atoms with Gasteiger partial charge in [0, 0.05) is 11.1 Å². The molecule has 0 nitrogen and oxygen atoms in total. The summed E-state index contributed by atoms with van der Waals surface area (Å²) in [4.78, 5) is 0. The molecule has 0 atom stereocenters. The second-order valence-electron chi connectivity index (χ2n) is 2.31. The quantitative estimate of drug-likeness (QED) is 0.442. The van der Waals surface area contributed by atoms with Crippen LogP contribution in [0.15, 0.2) is 11.1 Å². The Bertz CT molecular complexity index is 258. The Morgan fingerprint density at radius 2 is 2.30 bits per heavy atom. The van der Waals surface area contributed by atoms with Crippen LogP contribution in [-0.2, 0) is 0 Å². The topological polar surface area (TPSA) is 0 Å². The molecule has 50 valence electrons. The van der Waals surface area contributed by atoms with Crippen molar-refractivity contribution in [2.45, 2.75) is 26.2 Å². The van der Waals surface area contributed by atoms with E-state index in [2.05, 4.69) is 24.2 Å². The smallest absolute Gasteiger partial charge is 0.115 e. The summed E-state index contributed by atoms with van der Waals surface area (Å²) in [6, 6.07) is 0. The lowest BCUT2D eigenvalue weighted by molar-refractivity contribution is 0.910. The fourth-order valence-corrected chi connectivity index (χ4v) is 1.17. The SMILES string of the molecule is [2H]C#CC1=C(C#CC)CCC1. The van der Waals surface area contributed by atoms with Crippen LogP contribution in [0.25, 0.3) is 0 Å². The Kier molecular flexibility index (Phi) is 1.77. The van der Waals surface area contributed by atoms with Gasteiger partial charge in [0.25, 0.3) is 0 Å². The molecule has 0 aromatic heterocycles. The third-order valence-electron chi connectivity index (χ3n) is 1.64. The van der Waals surface area contributed by atoms with Gasteiger partial charge in [0.1, 0.15) is 1.37 Å². The zero-order valence-electron chi connectivity index (χ0n) is 7.12. The molecule has 0 heteroatoms. The van der Waals surface area contributed by atoms with E-state index in [1.807, 2.05) is 6.92 Å². The predicted molar refractivity (Wildman–Crippen MR) is 43.2 cm³/mol. The largest absolute Gasteiger partial charge is 0.124 e. The van der Waals surface area contributed by atoms with Crippen LogP contribution in [0.4, 0.5) is 0 Å². The molecule has 1 aliphatic carbocycles. The van der Waals surface area contributed by atoms with Crippen molar-refractivity contribution < 1.29 is 1.37 Å². The zero-order valence-corrected chi connectivity index (χ0v) is 6.12. The molecule has 10 heavy (non-hydrogen) atoms. The average Bonchev–Trinajstić information content (AvgIpc) is 2.39. The molecule has 0 aromatic rings. The standard InChI is InChI=1S/C10H10/c1-3-6-10-8-5-7-9(10)4-2/h2H,5,7-8H2,1H3/i2D. The van der Waals surface area contributed by atoms with Crippen LogP contribution in [0.3, 0.4) is 0 Å². The first kappa shape index (κ1) is 5.63. The normalized spacial score (nSPS) is 16.7. The summed E-state index contributed by atoms with van der Waals surface area (Å²) in [7, 11) is 0. The maximum atomic E-state index is 6.75. The zero-order chi connectivity index (χ0) is 8.10. The number of hydrogen-bond acceptors (Lipinski definition) is 0. The van der Waals surface area contributed by atoms with Crippen molar-refractivity contribution in [2.24, 2.45) is 0 Å². The van der Waals surface area contributed by atoms with Crippen LogP contribution in [-0.4, -0.2) is 0 Å². The lowest BCUT2D eigenvalue weighted by Gasteiger charge is -1.87. The number of terminal acetylenes is 1. The molecule has 0 unspecified atom stereocenters. The molecule has 0 aromatic carbocycles. The van der Waals surface area contributed by atoms with E-state index >= 15 is 0 Å². The summed E-state index contributed by atoms with van der Waals surface area (Å²) >= 11 is 0. The highest BCUT2D eigenvalue weighted by atomic mass is 14.1. The van der Waals surface area contributed by atoms with Gasteiger partial charge in [-0.05, 0) is 26.2 Å². The minimum Gasteiger partial charge on any atom is -0.115 e. The Labute approximate surface area is 63.7 Å². The van der Waals surface area contributed by atoms with Crippen molar-refractivity contribution >= 4 is 0 Å². The van der Waals surface area contributed by atoms with E-state index in [0.717, 1.165) is 30.4 Å². The van der Waals surface area contributed by atoms with E-state index in [4.69, 9.17) is 1.37 Å². The van der Waals surface area contributed by atoms with E-state index in [1.54, 1.807) is 0 Å². The fraction of sp³-hybridized carbons (Fsp3) is 0.400. The second-order valence-corrected chi connectivity index (χ2v) is 2.31. The van der Waals surface area contributed by atoms with Gasteiger partial charge in [0.05, 0.1) is 0 Å². The Morgan fingerprint density at radius 3 is 3.00 bits per heavy atom. The van der Waals surface area contributed by atoms with Crippen LogP contribution < -0.4 is 0 Å². The van der Waals surface area contributed by atoms with Crippen LogP contribution in [0.5, 0.6) is 0 Å². The average molecular weight is 131 g/mol. The van der Waals surface area contributed by atoms with Crippen molar-refractivity contribution in [1.82, 2.24) is 0 Å². The molecule has 0 fully saturated rings. The lowest BCUT2D eigenvalue weighted by atomic mass is 10.2. The van der Waals surface area contributed by atoms with Gasteiger partial charge in [-0.15, -0.1) is 12.3 Å². The van der Waals surface area contributed by atoms with Gasteiger partial charge in [-0.2, -0.15) is 0 Å². The Morgan fingerprint density at radius 1 is 1.50 bits per heavy atom. The van der Waals surface area contributed by atoms with Gasteiger partial charge >= 0.3 is 0 Å². The third-order valence-corrected chi connectivity index (χ3v) is 1.64. The van der Waals surface area contributed by atoms with Gasteiger partial charge in [-0.25, -0.2) is 0 Å². The predicted octanol–water partition coefficient (Wildman–Crippen LogP) is 2.12. The van der Waals surface area contributed by atoms with Gasteiger partial charge in [-0.3, -0.25) is 0 Å². The van der Waals surface area contributed by atoms with E-state index in [9.17, 15) is 0 Å². The summed E-state index contributed by atoms with van der Waals surface area (Å²) in [5, 5.41) is 0. The Hall–Kier alpha value is -1.14. The summed E-state index contributed by atoms with van der Waals surface area (Å²) in [5.74, 6) is 8.66. The summed E-state index contributed by atoms with van der Waals surface area (Å²) in [5.41, 5.74) is 2.22. The Balaban J connectivity index is 2.89. The lowest BCUT2D eigenvalue weighted by Crippen LogP contribution is -1.74. The molecular formula is C10H10. The van der Waals surface area contributed by atoms with Crippen molar-refractivity contribution in [1.29, 1.82) is 0 Å². The number of hydrogen-bond donors (Lipinski definition) is 0. The van der Waals surface area contributed by atoms with Crippen molar-refractivity contribution in [3.05, 3.63) is 11.1 Å². The van der Waals surface area contributed by atoms with Crippen molar-refractivity contribution in [3.8, 4) is 24.2 Å². The van der Waals surface area contributed by atoms with Gasteiger partial charge in [0.2, 0.25) is 0 Å². The van der Waals surface area contributed by atoms with Gasteiger partial charge < -0.3 is 0 Å². The maximum Gasteiger partial charge on any atom is 0.124 e. The molecule has 0 N–H and O–H groups in total. The first-order valence-electron chi connectivity index (χ1n) is 3.96. The summed E-state index contributed by atoms with van der Waals surface area (Å²) in [6.45, 7) is 1.83. The van der Waals surface area contributed by atoms with Crippen LogP contribution in [0, 0.1) is 24.2 Å². The molecule has 0 amide bonds. The molecule has 0 spiro atoms. The van der Waals surface area contributed by atoms with Crippen LogP contribution in [0.2, 0.25) is 0 Å². The van der Waals surface area contributed by atoms with Gasteiger partial charge in [0.15, 0.2) is 0 Å². The van der Waals surface area contributed by atoms with E-state index < -0.39 is 0 Å². The highest BCUT2D eigenvalue weighted by Gasteiger charge is 2.09. The highest BCUT2D eigenvalue weighted by Crippen LogP contribution is 2.24. The minimum absolute atomic E-state index is 1.01. The van der Waals surface area contributed by atoms with E-state index in [1.165, 1.54) is 0 Å². The van der Waals surface area contributed by atoms with Crippen molar-refractivity contribution in [3.63, 3.8) is 0 Å². The minimum atomic E-state index is 1.01. The van der Waals surface area contributed by atoms with Gasteiger partial charge in [-0.1, -0.05) is 11.8 Å². The molecule has 0 bridgehead atoms. The van der Waals surface area contributed by atoms with Crippen LogP contribution >= 0.6 is 0 Å². The fourth-order valence-electron chi connectivity index (χ4n) is 1.17. The molecule has 1 aliphatic rings. The molecule has 0 heterocycles. The first-order chi connectivity index (χ1) is 5.38. The number of allylic oxidation sites excluding steroid dienone is 2. The summed E-state index contributed by atoms with van der Waals surface area (Å²) < 4.78 is 6.75. The van der Waals surface area contributed by atoms with E-state index in [0.29, 0.717) is 0 Å². The molecule has 1 rings (SSSR count). The molecular weight excluding hydrogens is 120 g/mol. The van der Waals surface area contributed by atoms with E-state index in [-0.39, 0.29) is 0 Å². The second kappa shape index (κ2) is 3.14. The molecule has 0 aliphatic heterocycles. The highest BCUT2D eigenvalue weighted by molar-refractivity contribution is 5.44.